The maximum Gasteiger partial charge on any atom is 0.317 e. The second-order valence-corrected chi connectivity index (χ2v) is 10.4. The summed E-state index contributed by atoms with van der Waals surface area (Å²) in [7, 11) is 0. The summed E-state index contributed by atoms with van der Waals surface area (Å²) in [6, 6.07) is 8.60. The fraction of sp³-hybridized carbons (Fsp3) is 0.692. The Hall–Kier alpha value is -2.24. The van der Waals surface area contributed by atoms with Gasteiger partial charge in [-0.25, -0.2) is 4.79 Å². The summed E-state index contributed by atoms with van der Waals surface area (Å²) < 4.78 is 6.57. The van der Waals surface area contributed by atoms with E-state index in [0.717, 1.165) is 50.0 Å². The molecule has 1 aromatic rings. The molecule has 2 saturated carbocycles. The summed E-state index contributed by atoms with van der Waals surface area (Å²) >= 11 is 0. The Labute approximate surface area is 191 Å². The zero-order valence-corrected chi connectivity index (χ0v) is 19.1. The van der Waals surface area contributed by atoms with Crippen LogP contribution in [-0.4, -0.2) is 48.1 Å². The van der Waals surface area contributed by atoms with Crippen LogP contribution in [0.4, 0.5) is 4.79 Å². The highest BCUT2D eigenvalue weighted by Gasteiger charge is 2.44. The topological polar surface area (TPSA) is 70.7 Å². The van der Waals surface area contributed by atoms with Gasteiger partial charge in [-0.15, -0.1) is 0 Å². The first-order valence-electron chi connectivity index (χ1n) is 12.7. The SMILES string of the molecule is O=C(C[C@H]1CC2(CCN(C(=O)NC3CCCCC3)CC2)Oc2ccccc21)NCC1CC1. The molecule has 6 heteroatoms. The lowest BCUT2D eigenvalue weighted by Crippen LogP contribution is -2.55. The predicted molar refractivity (Wildman–Crippen MR) is 124 cm³/mol. The Bertz CT molecular complexity index is 823. The van der Waals surface area contributed by atoms with E-state index in [4.69, 9.17) is 4.74 Å². The Balaban J connectivity index is 1.20. The van der Waals surface area contributed by atoms with Crippen molar-refractivity contribution in [2.75, 3.05) is 19.6 Å². The van der Waals surface area contributed by atoms with Gasteiger partial charge in [0, 0.05) is 50.9 Å². The molecule has 0 bridgehead atoms. The van der Waals surface area contributed by atoms with Gasteiger partial charge in [0.05, 0.1) is 0 Å². The minimum Gasteiger partial charge on any atom is -0.487 e. The zero-order chi connectivity index (χ0) is 22.0. The van der Waals surface area contributed by atoms with Crippen LogP contribution in [0, 0.1) is 5.92 Å². The van der Waals surface area contributed by atoms with Crippen molar-refractivity contribution in [3.63, 3.8) is 0 Å². The van der Waals surface area contributed by atoms with Crippen molar-refractivity contribution in [3.05, 3.63) is 29.8 Å². The lowest BCUT2D eigenvalue weighted by Gasteiger charge is -2.47. The standard InChI is InChI=1S/C26H37N3O3/c30-24(27-18-19-10-11-19)16-20-17-26(32-23-9-5-4-8-22(20)23)12-14-29(15-13-26)25(31)28-21-6-2-1-3-7-21/h4-5,8-9,19-21H,1-3,6-7,10-18H2,(H,27,30)(H,28,31)/t20-/m0/s1. The number of fused-ring (bicyclic) bond motifs is 1. The van der Waals surface area contributed by atoms with Crippen LogP contribution in [0.3, 0.4) is 0 Å². The maximum absolute atomic E-state index is 12.8. The minimum atomic E-state index is -0.280. The average Bonchev–Trinajstić information content (AvgIpc) is 3.63. The molecule has 0 aromatic heterocycles. The molecule has 3 amide bonds. The van der Waals surface area contributed by atoms with Gasteiger partial charge in [-0.1, -0.05) is 37.5 Å². The molecular weight excluding hydrogens is 402 g/mol. The molecule has 32 heavy (non-hydrogen) atoms. The van der Waals surface area contributed by atoms with Crippen molar-refractivity contribution >= 4 is 11.9 Å². The molecule has 3 fully saturated rings. The van der Waals surface area contributed by atoms with E-state index < -0.39 is 0 Å². The van der Waals surface area contributed by atoms with E-state index in [1.54, 1.807) is 0 Å². The molecule has 1 aromatic carbocycles. The molecule has 6 nitrogen and oxygen atoms in total. The number of likely N-dealkylation sites (tertiary alicyclic amines) is 1. The number of hydrogen-bond acceptors (Lipinski definition) is 3. The Morgan fingerprint density at radius 3 is 2.53 bits per heavy atom. The van der Waals surface area contributed by atoms with E-state index in [9.17, 15) is 9.59 Å². The number of benzene rings is 1. The van der Waals surface area contributed by atoms with Crippen molar-refractivity contribution in [2.24, 2.45) is 5.92 Å². The molecule has 2 aliphatic carbocycles. The van der Waals surface area contributed by atoms with Crippen LogP contribution in [0.1, 0.15) is 82.1 Å². The highest BCUT2D eigenvalue weighted by Crippen LogP contribution is 2.46. The second kappa shape index (κ2) is 9.32. The van der Waals surface area contributed by atoms with Gasteiger partial charge in [-0.3, -0.25) is 4.79 Å². The highest BCUT2D eigenvalue weighted by molar-refractivity contribution is 5.77. The number of hydrogen-bond donors (Lipinski definition) is 2. The van der Waals surface area contributed by atoms with Gasteiger partial charge in [0.15, 0.2) is 0 Å². The first kappa shape index (κ1) is 21.6. The lowest BCUT2D eigenvalue weighted by atomic mass is 9.76. The van der Waals surface area contributed by atoms with E-state index >= 15 is 0 Å². The smallest absolute Gasteiger partial charge is 0.317 e. The van der Waals surface area contributed by atoms with Crippen LogP contribution in [-0.2, 0) is 4.79 Å². The van der Waals surface area contributed by atoms with E-state index in [1.807, 2.05) is 23.1 Å². The molecule has 0 unspecified atom stereocenters. The summed E-state index contributed by atoms with van der Waals surface area (Å²) in [5, 5.41) is 6.39. The number of amides is 3. The van der Waals surface area contributed by atoms with Gasteiger partial charge in [-0.2, -0.15) is 0 Å². The third-order valence-electron chi connectivity index (χ3n) is 7.91. The molecule has 174 valence electrons. The van der Waals surface area contributed by atoms with Crippen LogP contribution >= 0.6 is 0 Å². The second-order valence-electron chi connectivity index (χ2n) is 10.4. The van der Waals surface area contributed by atoms with Crippen molar-refractivity contribution < 1.29 is 14.3 Å². The Morgan fingerprint density at radius 2 is 1.78 bits per heavy atom. The average molecular weight is 440 g/mol. The van der Waals surface area contributed by atoms with Gasteiger partial charge >= 0.3 is 6.03 Å². The van der Waals surface area contributed by atoms with Gasteiger partial charge in [0.2, 0.25) is 5.91 Å². The number of ether oxygens (including phenoxy) is 1. The highest BCUT2D eigenvalue weighted by atomic mass is 16.5. The number of nitrogens with one attached hydrogen (secondary N) is 2. The number of nitrogens with zero attached hydrogens (tertiary/aromatic N) is 1. The molecule has 1 saturated heterocycles. The van der Waals surface area contributed by atoms with Crippen molar-refractivity contribution in [1.82, 2.24) is 15.5 Å². The fourth-order valence-electron chi connectivity index (χ4n) is 5.74. The van der Waals surface area contributed by atoms with Crippen molar-refractivity contribution in [2.45, 2.75) is 88.2 Å². The fourth-order valence-corrected chi connectivity index (χ4v) is 5.74. The summed E-state index contributed by atoms with van der Waals surface area (Å²) in [6.07, 6.45) is 11.4. The predicted octanol–water partition coefficient (Wildman–Crippen LogP) is 4.35. The number of urea groups is 1. The third kappa shape index (κ3) is 5.05. The van der Waals surface area contributed by atoms with Gasteiger partial charge < -0.3 is 20.3 Å². The number of piperidine rings is 1. The third-order valence-corrected chi connectivity index (χ3v) is 7.91. The molecule has 1 atom stereocenters. The minimum absolute atomic E-state index is 0.0824. The zero-order valence-electron chi connectivity index (χ0n) is 19.1. The van der Waals surface area contributed by atoms with Crippen LogP contribution in [0.2, 0.25) is 0 Å². The molecule has 5 rings (SSSR count). The van der Waals surface area contributed by atoms with E-state index in [2.05, 4.69) is 16.7 Å². The van der Waals surface area contributed by atoms with Crippen LogP contribution < -0.4 is 15.4 Å². The van der Waals surface area contributed by atoms with Gasteiger partial charge in [-0.05, 0) is 49.7 Å². The Kier molecular flexibility index (Phi) is 6.29. The van der Waals surface area contributed by atoms with Crippen molar-refractivity contribution in [3.8, 4) is 5.75 Å². The number of carbonyl (C=O) groups is 2. The maximum atomic E-state index is 12.8. The number of para-hydroxylation sites is 1. The summed E-state index contributed by atoms with van der Waals surface area (Å²) in [6.45, 7) is 2.24. The first-order chi connectivity index (χ1) is 15.6. The summed E-state index contributed by atoms with van der Waals surface area (Å²) in [5.74, 6) is 1.93. The Morgan fingerprint density at radius 1 is 1.03 bits per heavy atom. The molecule has 4 aliphatic rings. The van der Waals surface area contributed by atoms with E-state index in [-0.39, 0.29) is 23.5 Å². The number of carbonyl (C=O) groups excluding carboxylic acids is 2. The van der Waals surface area contributed by atoms with Crippen LogP contribution in [0.25, 0.3) is 0 Å². The lowest BCUT2D eigenvalue weighted by molar-refractivity contribution is -0.122. The molecule has 2 heterocycles. The normalized spacial score (nSPS) is 25.0. The first-order valence-corrected chi connectivity index (χ1v) is 12.7. The molecule has 2 N–H and O–H groups in total. The van der Waals surface area contributed by atoms with Crippen LogP contribution in [0.5, 0.6) is 5.75 Å². The molecule has 1 spiro atoms. The number of rotatable bonds is 5. The van der Waals surface area contributed by atoms with Gasteiger partial charge in [0.25, 0.3) is 0 Å². The summed E-state index contributed by atoms with van der Waals surface area (Å²) in [5.41, 5.74) is 0.870. The molecule has 0 radical (unpaired) electrons. The van der Waals surface area contributed by atoms with Gasteiger partial charge in [0.1, 0.15) is 11.4 Å². The van der Waals surface area contributed by atoms with Crippen LogP contribution in [0.15, 0.2) is 24.3 Å². The quantitative estimate of drug-likeness (QED) is 0.717. The molecule has 2 aliphatic heterocycles. The van der Waals surface area contributed by atoms with Crippen molar-refractivity contribution in [1.29, 1.82) is 0 Å². The van der Waals surface area contributed by atoms with E-state index in [1.165, 1.54) is 32.1 Å². The summed E-state index contributed by atoms with van der Waals surface area (Å²) in [4.78, 5) is 27.4. The largest absolute Gasteiger partial charge is 0.487 e. The monoisotopic (exact) mass is 439 g/mol. The molecular formula is C26H37N3O3. The van der Waals surface area contributed by atoms with E-state index in [0.29, 0.717) is 31.5 Å².